The minimum atomic E-state index is 1.18. The van der Waals surface area contributed by atoms with E-state index in [2.05, 4.69) is 156 Å². The van der Waals surface area contributed by atoms with Gasteiger partial charge in [-0.25, -0.2) is 0 Å². The number of hydrogen-bond acceptors (Lipinski definition) is 0. The van der Waals surface area contributed by atoms with Crippen LogP contribution in [0, 0.1) is 0 Å². The zero-order chi connectivity index (χ0) is 28.1. The van der Waals surface area contributed by atoms with Gasteiger partial charge < -0.3 is 4.57 Å². The van der Waals surface area contributed by atoms with Gasteiger partial charge >= 0.3 is 0 Å². The molecule has 9 aromatic carbocycles. The third kappa shape index (κ3) is 3.06. The average Bonchev–Trinajstić information content (AvgIpc) is 3.43. The van der Waals surface area contributed by atoms with Crippen molar-refractivity contribution in [1.29, 1.82) is 0 Å². The first-order valence-corrected chi connectivity index (χ1v) is 15.0. The lowest BCUT2D eigenvalue weighted by Crippen LogP contribution is -1.96. The number of hydrogen-bond donors (Lipinski definition) is 0. The van der Waals surface area contributed by atoms with Gasteiger partial charge in [-0.2, -0.15) is 0 Å². The minimum absolute atomic E-state index is 1.18. The molecule has 1 nitrogen and oxygen atoms in total. The van der Waals surface area contributed by atoms with Crippen molar-refractivity contribution in [3.63, 3.8) is 0 Å². The van der Waals surface area contributed by atoms with Crippen LogP contribution in [0.25, 0.3) is 92.8 Å². The van der Waals surface area contributed by atoms with Crippen molar-refractivity contribution >= 4 is 64.9 Å². The molecule has 43 heavy (non-hydrogen) atoms. The van der Waals surface area contributed by atoms with Gasteiger partial charge in [0.2, 0.25) is 0 Å². The Hall–Kier alpha value is -5.66. The SMILES string of the molecule is c1ccc(-c2cc(-c3ccccc3)cc(-n3c4cccc5c6cccc7c8ccccc8c8ccc3c(c8c76)c54)c2)cc1. The fraction of sp³-hybridized carbons (Fsp3) is 0. The molecule has 0 aliphatic heterocycles. The van der Waals surface area contributed by atoms with Crippen molar-refractivity contribution in [3.8, 4) is 27.9 Å². The summed E-state index contributed by atoms with van der Waals surface area (Å²) in [6, 6.07) is 55.8. The zero-order valence-corrected chi connectivity index (χ0v) is 23.4. The minimum Gasteiger partial charge on any atom is -0.309 e. The van der Waals surface area contributed by atoms with E-state index in [-0.39, 0.29) is 0 Å². The average molecular weight is 544 g/mol. The molecule has 1 heterocycles. The molecule has 10 rings (SSSR count). The maximum Gasteiger partial charge on any atom is 0.0548 e. The number of fused-ring (bicyclic) bond motifs is 4. The van der Waals surface area contributed by atoms with Crippen LogP contribution in [0.5, 0.6) is 0 Å². The standard InChI is InChI=1S/C42H25N/c1-3-11-26(12-4-1)28-23-29(27-13-5-2-6-14-27)25-30(24-28)43-37-20-10-19-35-34-18-9-17-33-31-15-7-8-16-32(31)36-21-22-38(43)42(40(35)37)41(36)39(33)34/h1-25H. The molecule has 0 spiro atoms. The summed E-state index contributed by atoms with van der Waals surface area (Å²) >= 11 is 0. The summed E-state index contributed by atoms with van der Waals surface area (Å²) in [5.41, 5.74) is 8.56. The van der Waals surface area contributed by atoms with E-state index < -0.39 is 0 Å². The van der Waals surface area contributed by atoms with Gasteiger partial charge in [0.05, 0.1) is 11.0 Å². The Balaban J connectivity index is 1.40. The van der Waals surface area contributed by atoms with Gasteiger partial charge in [-0.05, 0) is 90.3 Å². The molecule has 0 aliphatic rings. The molecule has 198 valence electrons. The number of rotatable bonds is 3. The molecule has 0 fully saturated rings. The highest BCUT2D eigenvalue weighted by Gasteiger charge is 2.23. The summed E-state index contributed by atoms with van der Waals surface area (Å²) in [6.07, 6.45) is 0. The molecule has 0 bridgehead atoms. The van der Waals surface area contributed by atoms with E-state index in [0.717, 1.165) is 0 Å². The van der Waals surface area contributed by atoms with E-state index in [9.17, 15) is 0 Å². The molecule has 0 unspecified atom stereocenters. The van der Waals surface area contributed by atoms with E-state index in [4.69, 9.17) is 0 Å². The lowest BCUT2D eigenvalue weighted by Gasteiger charge is -2.16. The van der Waals surface area contributed by atoms with E-state index in [0.29, 0.717) is 0 Å². The fourth-order valence-electron chi connectivity index (χ4n) is 7.70. The van der Waals surface area contributed by atoms with Crippen LogP contribution in [0.4, 0.5) is 0 Å². The number of benzene rings is 9. The topological polar surface area (TPSA) is 4.93 Å². The smallest absolute Gasteiger partial charge is 0.0548 e. The summed E-state index contributed by atoms with van der Waals surface area (Å²) in [5, 5.41) is 13.4. The predicted octanol–water partition coefficient (Wildman–Crippen LogP) is 11.6. The Bertz CT molecular complexity index is 2580. The van der Waals surface area contributed by atoms with Gasteiger partial charge in [-0.1, -0.05) is 121 Å². The first-order chi connectivity index (χ1) is 21.3. The second kappa shape index (κ2) is 8.44. The maximum absolute atomic E-state index is 2.50. The normalized spacial score (nSPS) is 12.2. The molecule has 0 aliphatic carbocycles. The van der Waals surface area contributed by atoms with Crippen LogP contribution in [0.2, 0.25) is 0 Å². The maximum atomic E-state index is 2.50. The van der Waals surface area contributed by atoms with Crippen LogP contribution in [0.15, 0.2) is 152 Å². The molecule has 1 heteroatoms. The van der Waals surface area contributed by atoms with E-state index in [1.54, 1.807) is 0 Å². The highest BCUT2D eigenvalue weighted by Crippen LogP contribution is 2.49. The van der Waals surface area contributed by atoms with Gasteiger partial charge in [-0.3, -0.25) is 0 Å². The molecule has 0 radical (unpaired) electrons. The van der Waals surface area contributed by atoms with E-state index >= 15 is 0 Å². The lowest BCUT2D eigenvalue weighted by molar-refractivity contribution is 1.18. The summed E-state index contributed by atoms with van der Waals surface area (Å²) in [4.78, 5) is 0. The van der Waals surface area contributed by atoms with Crippen molar-refractivity contribution < 1.29 is 0 Å². The van der Waals surface area contributed by atoms with Crippen LogP contribution in [-0.2, 0) is 0 Å². The van der Waals surface area contributed by atoms with Gasteiger partial charge in [0.15, 0.2) is 0 Å². The summed E-state index contributed by atoms with van der Waals surface area (Å²) < 4.78 is 2.50. The van der Waals surface area contributed by atoms with Crippen LogP contribution in [0.1, 0.15) is 0 Å². The summed E-state index contributed by atoms with van der Waals surface area (Å²) in [7, 11) is 0. The van der Waals surface area contributed by atoms with Gasteiger partial charge in [0.1, 0.15) is 0 Å². The van der Waals surface area contributed by atoms with Crippen LogP contribution < -0.4 is 0 Å². The lowest BCUT2D eigenvalue weighted by atomic mass is 9.86. The molecule has 0 N–H and O–H groups in total. The molecule has 0 saturated carbocycles. The number of aromatic nitrogens is 1. The van der Waals surface area contributed by atoms with E-state index in [1.165, 1.54) is 92.8 Å². The van der Waals surface area contributed by atoms with Crippen LogP contribution in [-0.4, -0.2) is 4.57 Å². The highest BCUT2D eigenvalue weighted by molar-refractivity contribution is 6.44. The quantitative estimate of drug-likeness (QED) is 0.154. The van der Waals surface area contributed by atoms with Gasteiger partial charge in [0.25, 0.3) is 0 Å². The highest BCUT2D eigenvalue weighted by atomic mass is 15.0. The Morgan fingerprint density at radius 1 is 0.279 bits per heavy atom. The van der Waals surface area contributed by atoms with Crippen molar-refractivity contribution in [1.82, 2.24) is 4.57 Å². The van der Waals surface area contributed by atoms with Crippen LogP contribution in [0.3, 0.4) is 0 Å². The van der Waals surface area contributed by atoms with Crippen molar-refractivity contribution in [3.05, 3.63) is 152 Å². The molecule has 0 saturated heterocycles. The van der Waals surface area contributed by atoms with Crippen molar-refractivity contribution in [2.45, 2.75) is 0 Å². The Morgan fingerprint density at radius 2 is 0.767 bits per heavy atom. The summed E-state index contributed by atoms with van der Waals surface area (Å²) in [5.74, 6) is 0. The molecular formula is C42H25N. The Kier molecular flexibility index (Phi) is 4.51. The second-order valence-electron chi connectivity index (χ2n) is 11.7. The van der Waals surface area contributed by atoms with Gasteiger partial charge in [-0.15, -0.1) is 0 Å². The molecule has 0 atom stereocenters. The molecule has 10 aromatic rings. The van der Waals surface area contributed by atoms with Crippen LogP contribution >= 0.6 is 0 Å². The first kappa shape index (κ1) is 23.0. The summed E-state index contributed by atoms with van der Waals surface area (Å²) in [6.45, 7) is 0. The molecular weight excluding hydrogens is 518 g/mol. The number of nitrogens with zero attached hydrogens (tertiary/aromatic N) is 1. The second-order valence-corrected chi connectivity index (χ2v) is 11.7. The Labute approximate surface area is 248 Å². The monoisotopic (exact) mass is 543 g/mol. The van der Waals surface area contributed by atoms with Crippen molar-refractivity contribution in [2.24, 2.45) is 0 Å². The third-order valence-corrected chi connectivity index (χ3v) is 9.46. The van der Waals surface area contributed by atoms with E-state index in [1.807, 2.05) is 0 Å². The first-order valence-electron chi connectivity index (χ1n) is 15.0. The third-order valence-electron chi connectivity index (χ3n) is 9.46. The molecule has 1 aromatic heterocycles. The van der Waals surface area contributed by atoms with Crippen molar-refractivity contribution in [2.75, 3.05) is 0 Å². The largest absolute Gasteiger partial charge is 0.309 e. The predicted molar refractivity (Wildman–Crippen MR) is 184 cm³/mol. The Morgan fingerprint density at radius 3 is 1.42 bits per heavy atom. The molecule has 0 amide bonds. The fourth-order valence-corrected chi connectivity index (χ4v) is 7.70. The van der Waals surface area contributed by atoms with Gasteiger partial charge in [0, 0.05) is 21.8 Å². The zero-order valence-electron chi connectivity index (χ0n) is 23.4.